The van der Waals surface area contributed by atoms with Crippen LogP contribution in [0.4, 0.5) is 0 Å². The van der Waals surface area contributed by atoms with Gasteiger partial charge in [0.05, 0.1) is 6.20 Å². The number of aromatic nitrogens is 2. The zero-order chi connectivity index (χ0) is 10.3. The summed E-state index contributed by atoms with van der Waals surface area (Å²) in [5, 5.41) is 13.5. The molecule has 0 radical (unpaired) electrons. The van der Waals surface area contributed by atoms with Gasteiger partial charge in [0.25, 0.3) is 0 Å². The Morgan fingerprint density at radius 2 is 2.29 bits per heavy atom. The molecule has 3 heteroatoms. The van der Waals surface area contributed by atoms with Gasteiger partial charge in [-0.25, -0.2) is 0 Å². The first-order valence-electron chi connectivity index (χ1n) is 5.24. The molecule has 1 fully saturated rings. The quantitative estimate of drug-likeness (QED) is 0.794. The Labute approximate surface area is 84.7 Å². The monoisotopic (exact) mass is 194 g/mol. The van der Waals surface area contributed by atoms with Crippen LogP contribution >= 0.6 is 0 Å². The molecule has 1 aromatic rings. The van der Waals surface area contributed by atoms with Crippen LogP contribution in [0.3, 0.4) is 0 Å². The van der Waals surface area contributed by atoms with Gasteiger partial charge in [-0.1, -0.05) is 13.8 Å². The molecular weight excluding hydrogens is 176 g/mol. The number of hydrogen-bond donors (Lipinski definition) is 1. The molecule has 1 heterocycles. The standard InChI is InChI=1S/C11H18N2O/c1-4-13-6-8(5-12-13)10-9(7-14)11(10,2)3/h5-6,9-10,14H,4,7H2,1-3H3. The first-order chi connectivity index (χ1) is 6.61. The highest BCUT2D eigenvalue weighted by atomic mass is 16.3. The van der Waals surface area contributed by atoms with E-state index in [0.29, 0.717) is 11.8 Å². The smallest absolute Gasteiger partial charge is 0.0524 e. The maximum atomic E-state index is 9.21. The van der Waals surface area contributed by atoms with E-state index in [-0.39, 0.29) is 12.0 Å². The molecular formula is C11H18N2O. The van der Waals surface area contributed by atoms with E-state index in [2.05, 4.69) is 32.1 Å². The van der Waals surface area contributed by atoms with Crippen LogP contribution in [0.25, 0.3) is 0 Å². The zero-order valence-electron chi connectivity index (χ0n) is 9.07. The highest BCUT2D eigenvalue weighted by Crippen LogP contribution is 2.63. The SMILES string of the molecule is CCn1cc(C2C(CO)C2(C)C)cn1. The summed E-state index contributed by atoms with van der Waals surface area (Å²) in [6.45, 7) is 7.70. The molecule has 3 nitrogen and oxygen atoms in total. The third-order valence-electron chi connectivity index (χ3n) is 3.58. The Kier molecular flexibility index (Phi) is 2.14. The predicted octanol–water partition coefficient (Wildman–Crippen LogP) is 1.63. The van der Waals surface area contributed by atoms with Crippen LogP contribution in [-0.4, -0.2) is 21.5 Å². The summed E-state index contributed by atoms with van der Waals surface area (Å²) >= 11 is 0. The molecule has 14 heavy (non-hydrogen) atoms. The van der Waals surface area contributed by atoms with Crippen molar-refractivity contribution in [3.05, 3.63) is 18.0 Å². The molecule has 78 valence electrons. The first kappa shape index (κ1) is 9.71. The van der Waals surface area contributed by atoms with Gasteiger partial charge in [0.15, 0.2) is 0 Å². The van der Waals surface area contributed by atoms with Crippen molar-refractivity contribution in [1.29, 1.82) is 0 Å². The van der Waals surface area contributed by atoms with Crippen molar-refractivity contribution in [1.82, 2.24) is 9.78 Å². The molecule has 2 unspecified atom stereocenters. The Morgan fingerprint density at radius 3 is 2.71 bits per heavy atom. The lowest BCUT2D eigenvalue weighted by Gasteiger charge is -1.98. The fraction of sp³-hybridized carbons (Fsp3) is 0.727. The van der Waals surface area contributed by atoms with Gasteiger partial charge < -0.3 is 5.11 Å². The van der Waals surface area contributed by atoms with E-state index in [4.69, 9.17) is 0 Å². The van der Waals surface area contributed by atoms with Crippen LogP contribution in [0.5, 0.6) is 0 Å². The number of aliphatic hydroxyl groups is 1. The highest BCUT2D eigenvalue weighted by molar-refractivity contribution is 5.27. The summed E-state index contributed by atoms with van der Waals surface area (Å²) in [5.41, 5.74) is 1.52. The van der Waals surface area contributed by atoms with E-state index < -0.39 is 0 Å². The Hall–Kier alpha value is -0.830. The minimum atomic E-state index is 0.246. The third kappa shape index (κ3) is 1.27. The van der Waals surface area contributed by atoms with Crippen molar-refractivity contribution < 1.29 is 5.11 Å². The summed E-state index contributed by atoms with van der Waals surface area (Å²) in [4.78, 5) is 0. The van der Waals surface area contributed by atoms with Crippen LogP contribution in [0.15, 0.2) is 12.4 Å². The average molecular weight is 194 g/mol. The maximum Gasteiger partial charge on any atom is 0.0524 e. The van der Waals surface area contributed by atoms with E-state index in [1.807, 2.05) is 10.9 Å². The molecule has 0 saturated heterocycles. The lowest BCUT2D eigenvalue weighted by atomic mass is 10.1. The molecule has 2 rings (SSSR count). The summed E-state index contributed by atoms with van der Waals surface area (Å²) in [5.74, 6) is 0.907. The van der Waals surface area contributed by atoms with Gasteiger partial charge in [0.2, 0.25) is 0 Å². The van der Waals surface area contributed by atoms with E-state index in [9.17, 15) is 5.11 Å². The predicted molar refractivity (Wildman–Crippen MR) is 55.0 cm³/mol. The van der Waals surface area contributed by atoms with Gasteiger partial charge in [-0.05, 0) is 29.7 Å². The molecule has 1 aliphatic carbocycles. The lowest BCUT2D eigenvalue weighted by molar-refractivity contribution is 0.257. The van der Waals surface area contributed by atoms with Gasteiger partial charge in [-0.15, -0.1) is 0 Å². The van der Waals surface area contributed by atoms with E-state index >= 15 is 0 Å². The minimum Gasteiger partial charge on any atom is -0.396 e. The molecule has 0 bridgehead atoms. The molecule has 0 spiro atoms. The number of hydrogen-bond acceptors (Lipinski definition) is 2. The summed E-state index contributed by atoms with van der Waals surface area (Å²) in [7, 11) is 0. The van der Waals surface area contributed by atoms with Crippen molar-refractivity contribution in [2.75, 3.05) is 6.61 Å². The molecule has 1 aromatic heterocycles. The van der Waals surface area contributed by atoms with Gasteiger partial charge in [-0.2, -0.15) is 5.10 Å². The third-order valence-corrected chi connectivity index (χ3v) is 3.58. The van der Waals surface area contributed by atoms with Crippen LogP contribution in [-0.2, 0) is 6.54 Å². The van der Waals surface area contributed by atoms with Gasteiger partial charge in [0, 0.05) is 19.3 Å². The molecule has 0 aliphatic heterocycles. The van der Waals surface area contributed by atoms with Crippen LogP contribution in [0.2, 0.25) is 0 Å². The Morgan fingerprint density at radius 1 is 1.57 bits per heavy atom. The summed E-state index contributed by atoms with van der Waals surface area (Å²) in [6.07, 6.45) is 4.04. The average Bonchev–Trinajstić information content (AvgIpc) is 2.55. The summed E-state index contributed by atoms with van der Waals surface area (Å²) < 4.78 is 1.94. The molecule has 0 amide bonds. The Balaban J connectivity index is 2.18. The van der Waals surface area contributed by atoms with E-state index in [1.54, 1.807) is 0 Å². The van der Waals surface area contributed by atoms with E-state index in [1.165, 1.54) is 5.56 Å². The molecule has 1 aliphatic rings. The van der Waals surface area contributed by atoms with Crippen molar-refractivity contribution in [3.8, 4) is 0 Å². The van der Waals surface area contributed by atoms with Crippen molar-refractivity contribution in [2.24, 2.45) is 11.3 Å². The molecule has 1 N–H and O–H groups in total. The van der Waals surface area contributed by atoms with Crippen LogP contribution in [0, 0.1) is 11.3 Å². The molecule has 2 atom stereocenters. The lowest BCUT2D eigenvalue weighted by Crippen LogP contribution is -1.93. The second-order valence-corrected chi connectivity index (χ2v) is 4.72. The van der Waals surface area contributed by atoms with Gasteiger partial charge in [0.1, 0.15) is 0 Å². The summed E-state index contributed by atoms with van der Waals surface area (Å²) in [6, 6.07) is 0. The number of aliphatic hydroxyl groups excluding tert-OH is 1. The maximum absolute atomic E-state index is 9.21. The van der Waals surface area contributed by atoms with Gasteiger partial charge >= 0.3 is 0 Å². The van der Waals surface area contributed by atoms with Crippen molar-refractivity contribution in [2.45, 2.75) is 33.2 Å². The number of aryl methyl sites for hydroxylation is 1. The fourth-order valence-corrected chi connectivity index (χ4v) is 2.46. The topological polar surface area (TPSA) is 38.0 Å². The fourth-order valence-electron chi connectivity index (χ4n) is 2.46. The second kappa shape index (κ2) is 3.09. The molecule has 0 aromatic carbocycles. The van der Waals surface area contributed by atoms with Gasteiger partial charge in [-0.3, -0.25) is 4.68 Å². The number of nitrogens with zero attached hydrogens (tertiary/aromatic N) is 2. The van der Waals surface area contributed by atoms with Crippen molar-refractivity contribution >= 4 is 0 Å². The number of rotatable bonds is 3. The van der Waals surface area contributed by atoms with Crippen LogP contribution < -0.4 is 0 Å². The van der Waals surface area contributed by atoms with Crippen molar-refractivity contribution in [3.63, 3.8) is 0 Å². The zero-order valence-corrected chi connectivity index (χ0v) is 9.07. The van der Waals surface area contributed by atoms with E-state index in [0.717, 1.165) is 6.54 Å². The molecule has 1 saturated carbocycles. The largest absolute Gasteiger partial charge is 0.396 e. The minimum absolute atomic E-state index is 0.246. The second-order valence-electron chi connectivity index (χ2n) is 4.72. The normalized spacial score (nSPS) is 29.1. The highest BCUT2D eigenvalue weighted by Gasteiger charge is 2.58. The first-order valence-corrected chi connectivity index (χ1v) is 5.24. The van der Waals surface area contributed by atoms with Crippen LogP contribution in [0.1, 0.15) is 32.3 Å². The Bertz CT molecular complexity index is 330.